The molecule has 0 bridgehead atoms. The molecular weight excluding hydrogens is 309 g/mol. The first-order valence-electron chi connectivity index (χ1n) is 7.56. The SMILES string of the molecule is Nc1c(Cc2ccc(F)cc2Cl)ccc2c1Cc1ccccc1-2. The van der Waals surface area contributed by atoms with Crippen LogP contribution in [0.4, 0.5) is 10.1 Å². The topological polar surface area (TPSA) is 26.0 Å². The summed E-state index contributed by atoms with van der Waals surface area (Å²) in [6, 6.07) is 17.1. The largest absolute Gasteiger partial charge is 0.398 e. The monoisotopic (exact) mass is 323 g/mol. The lowest BCUT2D eigenvalue weighted by atomic mass is 9.97. The van der Waals surface area contributed by atoms with E-state index in [2.05, 4.69) is 36.4 Å². The van der Waals surface area contributed by atoms with Crippen molar-refractivity contribution < 1.29 is 4.39 Å². The highest BCUT2D eigenvalue weighted by atomic mass is 35.5. The first kappa shape index (κ1) is 14.3. The zero-order chi connectivity index (χ0) is 16.0. The first-order chi connectivity index (χ1) is 11.1. The normalized spacial score (nSPS) is 12.1. The molecule has 0 saturated heterocycles. The van der Waals surface area contributed by atoms with Gasteiger partial charge in [0.05, 0.1) is 0 Å². The third kappa shape index (κ3) is 2.40. The highest BCUT2D eigenvalue weighted by Gasteiger charge is 2.21. The van der Waals surface area contributed by atoms with E-state index in [0.29, 0.717) is 11.4 Å². The van der Waals surface area contributed by atoms with E-state index in [0.717, 1.165) is 23.2 Å². The molecule has 0 spiro atoms. The molecule has 1 aliphatic rings. The third-order valence-electron chi connectivity index (χ3n) is 4.52. The Morgan fingerprint density at radius 3 is 2.57 bits per heavy atom. The van der Waals surface area contributed by atoms with Crippen molar-refractivity contribution in [3.63, 3.8) is 0 Å². The average Bonchev–Trinajstić information content (AvgIpc) is 2.92. The molecule has 0 aromatic heterocycles. The average molecular weight is 324 g/mol. The van der Waals surface area contributed by atoms with Crippen molar-refractivity contribution in [2.24, 2.45) is 0 Å². The van der Waals surface area contributed by atoms with Gasteiger partial charge in [-0.2, -0.15) is 0 Å². The van der Waals surface area contributed by atoms with E-state index in [-0.39, 0.29) is 5.82 Å². The van der Waals surface area contributed by atoms with Gasteiger partial charge in [0, 0.05) is 23.6 Å². The quantitative estimate of drug-likeness (QED) is 0.503. The van der Waals surface area contributed by atoms with Crippen molar-refractivity contribution in [1.29, 1.82) is 0 Å². The molecule has 4 rings (SSSR count). The number of fused-ring (bicyclic) bond motifs is 3. The van der Waals surface area contributed by atoms with Gasteiger partial charge in [-0.25, -0.2) is 4.39 Å². The van der Waals surface area contributed by atoms with Gasteiger partial charge in [-0.05, 0) is 45.5 Å². The van der Waals surface area contributed by atoms with E-state index in [9.17, 15) is 4.39 Å². The number of nitrogens with two attached hydrogens (primary N) is 1. The summed E-state index contributed by atoms with van der Waals surface area (Å²) in [5, 5.41) is 0.438. The van der Waals surface area contributed by atoms with Gasteiger partial charge in [0.2, 0.25) is 0 Å². The second-order valence-electron chi connectivity index (χ2n) is 5.91. The summed E-state index contributed by atoms with van der Waals surface area (Å²) in [5.74, 6) is -0.323. The van der Waals surface area contributed by atoms with E-state index in [1.165, 1.54) is 34.4 Å². The summed E-state index contributed by atoms with van der Waals surface area (Å²) >= 11 is 6.14. The van der Waals surface area contributed by atoms with Crippen LogP contribution in [0.1, 0.15) is 22.3 Å². The van der Waals surface area contributed by atoms with Crippen LogP contribution in [0.3, 0.4) is 0 Å². The molecule has 0 saturated carbocycles. The van der Waals surface area contributed by atoms with Crippen LogP contribution in [0.5, 0.6) is 0 Å². The Hall–Kier alpha value is -2.32. The van der Waals surface area contributed by atoms with Gasteiger partial charge in [0.1, 0.15) is 5.82 Å². The number of benzene rings is 3. The maximum Gasteiger partial charge on any atom is 0.124 e. The summed E-state index contributed by atoms with van der Waals surface area (Å²) in [7, 11) is 0. The zero-order valence-corrected chi connectivity index (χ0v) is 13.2. The Morgan fingerprint density at radius 2 is 1.74 bits per heavy atom. The fourth-order valence-electron chi connectivity index (χ4n) is 3.31. The Balaban J connectivity index is 1.74. The molecule has 114 valence electrons. The Morgan fingerprint density at radius 1 is 0.957 bits per heavy atom. The van der Waals surface area contributed by atoms with Gasteiger partial charge in [-0.1, -0.05) is 54.1 Å². The highest BCUT2D eigenvalue weighted by Crippen LogP contribution is 2.41. The molecule has 0 atom stereocenters. The number of rotatable bonds is 2. The molecule has 0 aliphatic heterocycles. The zero-order valence-electron chi connectivity index (χ0n) is 12.4. The summed E-state index contributed by atoms with van der Waals surface area (Å²) in [4.78, 5) is 0. The van der Waals surface area contributed by atoms with Crippen molar-refractivity contribution in [2.75, 3.05) is 5.73 Å². The summed E-state index contributed by atoms with van der Waals surface area (Å²) in [6.45, 7) is 0. The Bertz CT molecular complexity index is 918. The van der Waals surface area contributed by atoms with Crippen LogP contribution in [0, 0.1) is 5.82 Å². The number of anilines is 1. The molecule has 23 heavy (non-hydrogen) atoms. The molecule has 0 fully saturated rings. The molecule has 2 N–H and O–H groups in total. The molecule has 3 aromatic rings. The third-order valence-corrected chi connectivity index (χ3v) is 4.87. The van der Waals surface area contributed by atoms with Gasteiger partial charge >= 0.3 is 0 Å². The standard InChI is InChI=1S/C20H15ClFN/c21-19-11-15(22)7-5-13(19)9-14-6-8-17-16-4-2-1-3-12(16)10-18(17)20(14)23/h1-8,11H,9-10,23H2. The number of nitrogen functional groups attached to an aromatic ring is 1. The molecular formula is C20H15ClFN. The van der Waals surface area contributed by atoms with Crippen molar-refractivity contribution in [1.82, 2.24) is 0 Å². The molecule has 1 nitrogen and oxygen atoms in total. The minimum atomic E-state index is -0.323. The molecule has 3 heteroatoms. The van der Waals surface area contributed by atoms with Crippen LogP contribution in [-0.2, 0) is 12.8 Å². The lowest BCUT2D eigenvalue weighted by Gasteiger charge is -2.12. The molecule has 0 amide bonds. The van der Waals surface area contributed by atoms with E-state index in [4.69, 9.17) is 17.3 Å². The van der Waals surface area contributed by atoms with E-state index >= 15 is 0 Å². The highest BCUT2D eigenvalue weighted by molar-refractivity contribution is 6.31. The second kappa shape index (κ2) is 5.39. The summed E-state index contributed by atoms with van der Waals surface area (Å²) < 4.78 is 13.2. The minimum absolute atomic E-state index is 0.323. The number of hydrogen-bond acceptors (Lipinski definition) is 1. The molecule has 0 heterocycles. The molecule has 0 unspecified atom stereocenters. The fourth-order valence-corrected chi connectivity index (χ4v) is 3.54. The minimum Gasteiger partial charge on any atom is -0.398 e. The predicted molar refractivity (Wildman–Crippen MR) is 93.3 cm³/mol. The first-order valence-corrected chi connectivity index (χ1v) is 7.93. The van der Waals surface area contributed by atoms with Crippen LogP contribution in [0.25, 0.3) is 11.1 Å². The van der Waals surface area contributed by atoms with Crippen LogP contribution in [0.15, 0.2) is 54.6 Å². The van der Waals surface area contributed by atoms with Crippen molar-refractivity contribution >= 4 is 17.3 Å². The van der Waals surface area contributed by atoms with Crippen molar-refractivity contribution in [3.8, 4) is 11.1 Å². The molecule has 1 aliphatic carbocycles. The maximum absolute atomic E-state index is 13.2. The van der Waals surface area contributed by atoms with Crippen LogP contribution in [-0.4, -0.2) is 0 Å². The smallest absolute Gasteiger partial charge is 0.124 e. The lowest BCUT2D eigenvalue weighted by molar-refractivity contribution is 0.627. The lowest BCUT2D eigenvalue weighted by Crippen LogP contribution is -2.01. The van der Waals surface area contributed by atoms with Gasteiger partial charge < -0.3 is 5.73 Å². The Kier molecular flexibility index (Phi) is 3.35. The van der Waals surface area contributed by atoms with Gasteiger partial charge in [0.25, 0.3) is 0 Å². The van der Waals surface area contributed by atoms with E-state index in [1.54, 1.807) is 6.07 Å². The Labute approximate surface area is 139 Å². The van der Waals surface area contributed by atoms with Gasteiger partial charge in [-0.15, -0.1) is 0 Å². The molecule has 0 radical (unpaired) electrons. The second-order valence-corrected chi connectivity index (χ2v) is 6.32. The maximum atomic E-state index is 13.2. The molecule has 3 aromatic carbocycles. The van der Waals surface area contributed by atoms with Crippen molar-refractivity contribution in [3.05, 3.63) is 87.7 Å². The van der Waals surface area contributed by atoms with E-state index in [1.807, 2.05) is 0 Å². The van der Waals surface area contributed by atoms with E-state index < -0.39 is 0 Å². The van der Waals surface area contributed by atoms with Crippen LogP contribution in [0.2, 0.25) is 5.02 Å². The number of hydrogen-bond donors (Lipinski definition) is 1. The van der Waals surface area contributed by atoms with Crippen LogP contribution < -0.4 is 5.73 Å². The number of halogens is 2. The van der Waals surface area contributed by atoms with Crippen LogP contribution >= 0.6 is 11.6 Å². The predicted octanol–water partition coefficient (Wildman–Crippen LogP) is 5.22. The van der Waals surface area contributed by atoms with Crippen molar-refractivity contribution in [2.45, 2.75) is 12.8 Å². The summed E-state index contributed by atoms with van der Waals surface area (Å²) in [5.41, 5.74) is 14.1. The van der Waals surface area contributed by atoms with Gasteiger partial charge in [0.15, 0.2) is 0 Å². The van der Waals surface area contributed by atoms with Gasteiger partial charge in [-0.3, -0.25) is 0 Å². The summed E-state index contributed by atoms with van der Waals surface area (Å²) in [6.07, 6.45) is 1.47. The fraction of sp³-hybridized carbons (Fsp3) is 0.100.